The van der Waals surface area contributed by atoms with E-state index < -0.39 is 15.0 Å². The maximum atomic E-state index is 12.4. The molecule has 3 rings (SSSR count). The second-order valence-electron chi connectivity index (χ2n) is 5.34. The van der Waals surface area contributed by atoms with E-state index in [9.17, 15) is 23.3 Å². The molecule has 10 heteroatoms. The Balaban J connectivity index is 1.99. The second kappa shape index (κ2) is 5.74. The summed E-state index contributed by atoms with van der Waals surface area (Å²) in [5.74, 6) is -0.0485. The fraction of sp³-hybridized carbons (Fsp3) is 0.133. The number of nitro groups is 1. The summed E-state index contributed by atoms with van der Waals surface area (Å²) in [7, 11) is -1.02. The fourth-order valence-electron chi connectivity index (χ4n) is 2.44. The van der Waals surface area contributed by atoms with Crippen LogP contribution in [0.2, 0.25) is 0 Å². The van der Waals surface area contributed by atoms with Crippen molar-refractivity contribution in [3.8, 4) is 5.75 Å². The Kier molecular flexibility index (Phi) is 3.84. The van der Waals surface area contributed by atoms with Crippen molar-refractivity contribution in [1.82, 2.24) is 9.13 Å². The van der Waals surface area contributed by atoms with E-state index in [-0.39, 0.29) is 22.0 Å². The Morgan fingerprint density at radius 2 is 1.60 bits per heavy atom. The Bertz CT molecular complexity index is 1140. The summed E-state index contributed by atoms with van der Waals surface area (Å²) < 4.78 is 32.6. The minimum atomic E-state index is -4.15. The molecule has 0 radical (unpaired) electrons. The van der Waals surface area contributed by atoms with Gasteiger partial charge in [-0.1, -0.05) is 0 Å². The summed E-state index contributed by atoms with van der Waals surface area (Å²) in [5.41, 5.74) is 0.578. The SMILES string of the molecule is Cn1c(=O)n(C)c2cc(S(=O)(=O)Oc3ccc([N+](=O)[O-])cc3)ccc21. The predicted molar refractivity (Wildman–Crippen MR) is 89.1 cm³/mol. The number of non-ortho nitro benzene ring substituents is 1. The largest absolute Gasteiger partial charge is 0.379 e. The molecule has 0 saturated heterocycles. The van der Waals surface area contributed by atoms with Gasteiger partial charge >= 0.3 is 15.8 Å². The van der Waals surface area contributed by atoms with Gasteiger partial charge in [0.25, 0.3) is 5.69 Å². The van der Waals surface area contributed by atoms with Crippen molar-refractivity contribution >= 4 is 26.8 Å². The predicted octanol–water partition coefficient (Wildman–Crippen LogP) is 1.55. The molecule has 0 atom stereocenters. The molecule has 0 amide bonds. The van der Waals surface area contributed by atoms with Gasteiger partial charge in [0.15, 0.2) is 0 Å². The van der Waals surface area contributed by atoms with E-state index in [2.05, 4.69) is 0 Å². The van der Waals surface area contributed by atoms with Crippen molar-refractivity contribution in [2.75, 3.05) is 0 Å². The minimum absolute atomic E-state index is 0.0485. The van der Waals surface area contributed by atoms with Gasteiger partial charge in [0.2, 0.25) is 0 Å². The first-order chi connectivity index (χ1) is 11.7. The van der Waals surface area contributed by atoms with Gasteiger partial charge in [0, 0.05) is 26.2 Å². The van der Waals surface area contributed by atoms with Crippen molar-refractivity contribution < 1.29 is 17.5 Å². The van der Waals surface area contributed by atoms with Crippen LogP contribution in [0.1, 0.15) is 0 Å². The van der Waals surface area contributed by atoms with Gasteiger partial charge in [0.1, 0.15) is 10.6 Å². The Morgan fingerprint density at radius 1 is 1.00 bits per heavy atom. The number of hydrogen-bond acceptors (Lipinski definition) is 6. The molecule has 9 nitrogen and oxygen atoms in total. The average molecular weight is 363 g/mol. The Labute approximate surface area is 142 Å². The second-order valence-corrected chi connectivity index (χ2v) is 6.89. The molecule has 0 N–H and O–H groups in total. The summed E-state index contributed by atoms with van der Waals surface area (Å²) in [6.45, 7) is 0. The van der Waals surface area contributed by atoms with Crippen LogP contribution in [-0.2, 0) is 24.2 Å². The lowest BCUT2D eigenvalue weighted by atomic mass is 10.3. The standard InChI is InChI=1S/C15H13N3O6S/c1-16-13-8-7-12(9-14(13)17(2)15(16)19)25(22,23)24-11-5-3-10(4-6-11)18(20)21/h3-9H,1-2H3. The van der Waals surface area contributed by atoms with Crippen LogP contribution in [0.25, 0.3) is 11.0 Å². The lowest BCUT2D eigenvalue weighted by Gasteiger charge is -2.07. The van der Waals surface area contributed by atoms with Gasteiger partial charge in [0.05, 0.1) is 16.0 Å². The summed E-state index contributed by atoms with van der Waals surface area (Å²) in [5, 5.41) is 10.6. The minimum Gasteiger partial charge on any atom is -0.379 e. The monoisotopic (exact) mass is 363 g/mol. The third kappa shape index (κ3) is 2.87. The van der Waals surface area contributed by atoms with E-state index in [1.54, 1.807) is 7.05 Å². The van der Waals surface area contributed by atoms with E-state index in [4.69, 9.17) is 4.18 Å². The van der Waals surface area contributed by atoms with Crippen molar-refractivity contribution in [2.45, 2.75) is 4.90 Å². The first-order valence-electron chi connectivity index (χ1n) is 7.05. The molecule has 130 valence electrons. The number of nitro benzene ring substituents is 1. The number of rotatable bonds is 4. The van der Waals surface area contributed by atoms with E-state index in [0.29, 0.717) is 11.0 Å². The summed E-state index contributed by atoms with van der Waals surface area (Å²) in [6, 6.07) is 8.89. The lowest BCUT2D eigenvalue weighted by Crippen LogP contribution is -2.19. The first kappa shape index (κ1) is 16.7. The molecule has 1 heterocycles. The molecular formula is C15H13N3O6S. The van der Waals surface area contributed by atoms with Crippen molar-refractivity contribution in [3.63, 3.8) is 0 Å². The van der Waals surface area contributed by atoms with Crippen molar-refractivity contribution in [1.29, 1.82) is 0 Å². The zero-order valence-electron chi connectivity index (χ0n) is 13.2. The maximum Gasteiger partial charge on any atom is 0.339 e. The highest BCUT2D eigenvalue weighted by Crippen LogP contribution is 2.23. The number of hydrogen-bond donors (Lipinski definition) is 0. The zero-order valence-corrected chi connectivity index (χ0v) is 14.1. The summed E-state index contributed by atoms with van der Waals surface area (Å²) in [4.78, 5) is 21.8. The molecule has 0 unspecified atom stereocenters. The molecule has 25 heavy (non-hydrogen) atoms. The highest BCUT2D eigenvalue weighted by molar-refractivity contribution is 7.87. The fourth-order valence-corrected chi connectivity index (χ4v) is 3.39. The molecule has 0 aliphatic heterocycles. The normalized spacial score (nSPS) is 11.6. The topological polar surface area (TPSA) is 113 Å². The first-order valence-corrected chi connectivity index (χ1v) is 8.46. The number of aryl methyl sites for hydroxylation is 2. The molecule has 0 saturated carbocycles. The van der Waals surface area contributed by atoms with E-state index in [1.807, 2.05) is 0 Å². The smallest absolute Gasteiger partial charge is 0.339 e. The number of benzene rings is 2. The molecule has 0 spiro atoms. The van der Waals surface area contributed by atoms with Crippen LogP contribution in [0.5, 0.6) is 5.75 Å². The van der Waals surface area contributed by atoms with Crippen molar-refractivity contribution in [2.24, 2.45) is 14.1 Å². The van der Waals surface area contributed by atoms with Crippen molar-refractivity contribution in [3.05, 3.63) is 63.1 Å². The third-order valence-corrected chi connectivity index (χ3v) is 5.03. The van der Waals surface area contributed by atoms with Crippen LogP contribution in [0, 0.1) is 10.1 Å². The van der Waals surface area contributed by atoms with Gasteiger partial charge in [-0.25, -0.2) is 4.79 Å². The van der Waals surface area contributed by atoms with E-state index in [1.165, 1.54) is 46.5 Å². The quantitative estimate of drug-likeness (QED) is 0.395. The van der Waals surface area contributed by atoms with Crippen LogP contribution < -0.4 is 9.87 Å². The number of aromatic nitrogens is 2. The van der Waals surface area contributed by atoms with Gasteiger partial charge in [-0.05, 0) is 30.3 Å². The van der Waals surface area contributed by atoms with Gasteiger partial charge in [-0.15, -0.1) is 0 Å². The molecular weight excluding hydrogens is 350 g/mol. The molecule has 0 aliphatic carbocycles. The third-order valence-electron chi connectivity index (χ3n) is 3.79. The molecule has 0 aliphatic rings. The Hall–Kier alpha value is -3.14. The van der Waals surface area contributed by atoms with Crippen LogP contribution in [-0.4, -0.2) is 22.5 Å². The van der Waals surface area contributed by atoms with Crippen LogP contribution in [0.15, 0.2) is 52.2 Å². The van der Waals surface area contributed by atoms with Gasteiger partial charge in [-0.2, -0.15) is 8.42 Å². The molecule has 0 fully saturated rings. The van der Waals surface area contributed by atoms with Crippen LogP contribution in [0.4, 0.5) is 5.69 Å². The highest BCUT2D eigenvalue weighted by atomic mass is 32.2. The van der Waals surface area contributed by atoms with Gasteiger partial charge < -0.3 is 4.18 Å². The van der Waals surface area contributed by atoms with Gasteiger partial charge in [-0.3, -0.25) is 19.2 Å². The van der Waals surface area contributed by atoms with Crippen LogP contribution >= 0.6 is 0 Å². The molecule has 2 aromatic carbocycles. The van der Waals surface area contributed by atoms with E-state index in [0.717, 1.165) is 12.1 Å². The molecule has 3 aromatic rings. The zero-order chi connectivity index (χ0) is 18.4. The number of fused-ring (bicyclic) bond motifs is 1. The lowest BCUT2D eigenvalue weighted by molar-refractivity contribution is -0.384. The average Bonchev–Trinajstić information content (AvgIpc) is 2.79. The maximum absolute atomic E-state index is 12.4. The van der Waals surface area contributed by atoms with Crippen LogP contribution in [0.3, 0.4) is 0 Å². The molecule has 1 aromatic heterocycles. The Morgan fingerprint density at radius 3 is 2.20 bits per heavy atom. The number of imidazole rings is 1. The highest BCUT2D eigenvalue weighted by Gasteiger charge is 2.20. The molecule has 0 bridgehead atoms. The number of nitrogens with zero attached hydrogens (tertiary/aromatic N) is 3. The summed E-state index contributed by atoms with van der Waals surface area (Å²) >= 11 is 0. The summed E-state index contributed by atoms with van der Waals surface area (Å²) in [6.07, 6.45) is 0. The van der Waals surface area contributed by atoms with E-state index >= 15 is 0 Å².